The lowest BCUT2D eigenvalue weighted by Gasteiger charge is -2.21. The molecule has 10 heteroatoms. The van der Waals surface area contributed by atoms with Crippen molar-refractivity contribution in [2.75, 3.05) is 31.3 Å². The van der Waals surface area contributed by atoms with Gasteiger partial charge in [0, 0.05) is 0 Å². The predicted octanol–water partition coefficient (Wildman–Crippen LogP) is 1.76. The second-order valence-electron chi connectivity index (χ2n) is 5.66. The van der Waals surface area contributed by atoms with Crippen molar-refractivity contribution in [1.29, 1.82) is 0 Å². The van der Waals surface area contributed by atoms with Crippen LogP contribution in [0.2, 0.25) is 0 Å². The fourth-order valence-corrected chi connectivity index (χ4v) is 3.16. The lowest BCUT2D eigenvalue weighted by molar-refractivity contribution is -0.119. The summed E-state index contributed by atoms with van der Waals surface area (Å²) in [5.74, 6) is -0.265. The van der Waals surface area contributed by atoms with Crippen LogP contribution in [0.25, 0.3) is 0 Å². The molecule has 0 atom stereocenters. The van der Waals surface area contributed by atoms with Gasteiger partial charge < -0.3 is 9.47 Å². The highest BCUT2D eigenvalue weighted by molar-refractivity contribution is 7.92. The maximum atomic E-state index is 13.4. The van der Waals surface area contributed by atoms with Crippen LogP contribution in [0.15, 0.2) is 47.6 Å². The smallest absolute Gasteiger partial charge is 0.260 e. The quantitative estimate of drug-likeness (QED) is 0.529. The molecule has 150 valence electrons. The van der Waals surface area contributed by atoms with E-state index in [2.05, 4.69) is 10.5 Å². The highest BCUT2D eigenvalue weighted by atomic mass is 32.2. The summed E-state index contributed by atoms with van der Waals surface area (Å²) in [7, 11) is -0.795. The highest BCUT2D eigenvalue weighted by Crippen LogP contribution is 2.26. The van der Waals surface area contributed by atoms with Crippen LogP contribution in [0.4, 0.5) is 10.1 Å². The standard InChI is InChI=1S/C18H20FN3O5S/c1-26-16-8-7-13(9-17(16)27-2)11-20-21-18(23)12-22(28(3,24)25)15-6-4-5-14(19)10-15/h4-11H,12H2,1-3H3,(H,21,23)/b20-11-. The lowest BCUT2D eigenvalue weighted by Crippen LogP contribution is -2.39. The van der Waals surface area contributed by atoms with Gasteiger partial charge in [-0.2, -0.15) is 5.10 Å². The first-order valence-corrected chi connectivity index (χ1v) is 9.86. The second-order valence-corrected chi connectivity index (χ2v) is 7.56. The normalized spacial score (nSPS) is 11.3. The number of nitrogens with zero attached hydrogens (tertiary/aromatic N) is 2. The van der Waals surface area contributed by atoms with Gasteiger partial charge in [0.05, 0.1) is 32.4 Å². The number of halogens is 1. The van der Waals surface area contributed by atoms with E-state index >= 15 is 0 Å². The third-order valence-electron chi connectivity index (χ3n) is 3.59. The van der Waals surface area contributed by atoms with Gasteiger partial charge in [-0.1, -0.05) is 6.07 Å². The van der Waals surface area contributed by atoms with Gasteiger partial charge in [-0.15, -0.1) is 0 Å². The van der Waals surface area contributed by atoms with E-state index in [1.807, 2.05) is 0 Å². The number of hydrogen-bond acceptors (Lipinski definition) is 6. The number of benzene rings is 2. The molecule has 8 nitrogen and oxygen atoms in total. The molecule has 0 spiro atoms. The Hall–Kier alpha value is -3.14. The number of rotatable bonds is 8. The maximum Gasteiger partial charge on any atom is 0.260 e. The summed E-state index contributed by atoms with van der Waals surface area (Å²) in [4.78, 5) is 12.1. The number of hydrazone groups is 1. The maximum absolute atomic E-state index is 13.4. The fourth-order valence-electron chi connectivity index (χ4n) is 2.31. The van der Waals surface area contributed by atoms with Gasteiger partial charge in [-0.3, -0.25) is 9.10 Å². The Balaban J connectivity index is 2.08. The summed E-state index contributed by atoms with van der Waals surface area (Å²) in [6, 6.07) is 9.99. The molecule has 2 aromatic carbocycles. The lowest BCUT2D eigenvalue weighted by atomic mass is 10.2. The first-order valence-electron chi connectivity index (χ1n) is 8.02. The molecule has 0 aliphatic heterocycles. The molecule has 0 aliphatic rings. The van der Waals surface area contributed by atoms with Crippen molar-refractivity contribution >= 4 is 27.8 Å². The largest absolute Gasteiger partial charge is 0.493 e. The summed E-state index contributed by atoms with van der Waals surface area (Å²) in [5.41, 5.74) is 2.91. The predicted molar refractivity (Wildman–Crippen MR) is 104 cm³/mol. The summed E-state index contributed by atoms with van der Waals surface area (Å²) in [5, 5.41) is 3.80. The van der Waals surface area contributed by atoms with Crippen LogP contribution in [-0.2, 0) is 14.8 Å². The van der Waals surface area contributed by atoms with Crippen LogP contribution in [0.1, 0.15) is 5.56 Å². The minimum Gasteiger partial charge on any atom is -0.493 e. The van der Waals surface area contributed by atoms with E-state index in [0.717, 1.165) is 16.6 Å². The number of carbonyl (C=O) groups excluding carboxylic acids is 1. The summed E-state index contributed by atoms with van der Waals surface area (Å²) in [6.07, 6.45) is 2.30. The first kappa shape index (κ1) is 21.2. The molecule has 0 heterocycles. The van der Waals surface area contributed by atoms with Crippen LogP contribution in [0, 0.1) is 5.82 Å². The van der Waals surface area contributed by atoms with Gasteiger partial charge >= 0.3 is 0 Å². The molecule has 0 bridgehead atoms. The van der Waals surface area contributed by atoms with E-state index in [0.29, 0.717) is 17.1 Å². The van der Waals surface area contributed by atoms with Crippen molar-refractivity contribution in [1.82, 2.24) is 5.43 Å². The van der Waals surface area contributed by atoms with E-state index in [-0.39, 0.29) is 5.69 Å². The number of nitrogens with one attached hydrogen (secondary N) is 1. The molecule has 0 fully saturated rings. The van der Waals surface area contributed by atoms with Gasteiger partial charge in [-0.05, 0) is 42.0 Å². The molecule has 0 saturated heterocycles. The zero-order valence-electron chi connectivity index (χ0n) is 15.5. The second kappa shape index (κ2) is 9.18. The van der Waals surface area contributed by atoms with Crippen LogP contribution in [0.3, 0.4) is 0 Å². The van der Waals surface area contributed by atoms with Crippen LogP contribution < -0.4 is 19.2 Å². The Morgan fingerprint density at radius 3 is 2.50 bits per heavy atom. The minimum absolute atomic E-state index is 0.0431. The molecule has 0 unspecified atom stereocenters. The van der Waals surface area contributed by atoms with E-state index in [4.69, 9.17) is 9.47 Å². The number of sulfonamides is 1. The molecular weight excluding hydrogens is 389 g/mol. The third kappa shape index (κ3) is 5.68. The molecule has 0 radical (unpaired) electrons. The number of anilines is 1. The van der Waals surface area contributed by atoms with Gasteiger partial charge in [0.15, 0.2) is 11.5 Å². The Labute approximate surface area is 162 Å². The van der Waals surface area contributed by atoms with Gasteiger partial charge in [0.2, 0.25) is 10.0 Å². The monoisotopic (exact) mass is 409 g/mol. The topological polar surface area (TPSA) is 97.3 Å². The number of methoxy groups -OCH3 is 2. The Bertz CT molecular complexity index is 979. The number of amides is 1. The minimum atomic E-state index is -3.80. The molecule has 1 amide bonds. The van der Waals surface area contributed by atoms with Crippen molar-refractivity contribution in [2.45, 2.75) is 0 Å². The summed E-state index contributed by atoms with van der Waals surface area (Å²) < 4.78 is 48.4. The number of hydrogen-bond donors (Lipinski definition) is 1. The van der Waals surface area contributed by atoms with Crippen LogP contribution >= 0.6 is 0 Å². The molecule has 1 N–H and O–H groups in total. The Morgan fingerprint density at radius 1 is 1.18 bits per heavy atom. The molecule has 28 heavy (non-hydrogen) atoms. The van der Waals surface area contributed by atoms with Crippen molar-refractivity contribution in [3.05, 3.63) is 53.8 Å². The number of carbonyl (C=O) groups is 1. The SMILES string of the molecule is COc1ccc(/C=N\NC(=O)CN(c2cccc(F)c2)S(C)(=O)=O)cc1OC. The van der Waals surface area contributed by atoms with E-state index in [1.54, 1.807) is 18.2 Å². The fraction of sp³-hybridized carbons (Fsp3) is 0.222. The highest BCUT2D eigenvalue weighted by Gasteiger charge is 2.21. The molecule has 2 rings (SSSR count). The molecular formula is C18H20FN3O5S. The van der Waals surface area contributed by atoms with Gasteiger partial charge in [0.1, 0.15) is 12.4 Å². The van der Waals surface area contributed by atoms with Gasteiger partial charge in [-0.25, -0.2) is 18.2 Å². The average molecular weight is 409 g/mol. The average Bonchev–Trinajstić information content (AvgIpc) is 2.65. The van der Waals surface area contributed by atoms with Crippen molar-refractivity contribution in [3.63, 3.8) is 0 Å². The van der Waals surface area contributed by atoms with Crippen LogP contribution in [0.5, 0.6) is 11.5 Å². The van der Waals surface area contributed by atoms with Crippen LogP contribution in [-0.4, -0.2) is 47.6 Å². The Morgan fingerprint density at radius 2 is 1.89 bits per heavy atom. The van der Waals surface area contributed by atoms with E-state index < -0.39 is 28.3 Å². The molecule has 0 aliphatic carbocycles. The molecule has 0 aromatic heterocycles. The van der Waals surface area contributed by atoms with E-state index in [1.165, 1.54) is 38.6 Å². The first-order chi connectivity index (χ1) is 13.2. The van der Waals surface area contributed by atoms with Gasteiger partial charge in [0.25, 0.3) is 5.91 Å². The summed E-state index contributed by atoms with van der Waals surface area (Å²) >= 11 is 0. The number of ether oxygens (including phenoxy) is 2. The van der Waals surface area contributed by atoms with Crippen molar-refractivity contribution in [3.8, 4) is 11.5 Å². The Kier molecular flexibility index (Phi) is 6.94. The third-order valence-corrected chi connectivity index (χ3v) is 4.73. The van der Waals surface area contributed by atoms with Crippen molar-refractivity contribution in [2.24, 2.45) is 5.10 Å². The summed E-state index contributed by atoms with van der Waals surface area (Å²) in [6.45, 7) is -0.550. The molecule has 0 saturated carbocycles. The van der Waals surface area contributed by atoms with Crippen molar-refractivity contribution < 1.29 is 27.1 Å². The van der Waals surface area contributed by atoms with E-state index in [9.17, 15) is 17.6 Å². The zero-order valence-corrected chi connectivity index (χ0v) is 16.4. The molecule has 2 aromatic rings. The zero-order chi connectivity index (χ0) is 20.7.